The van der Waals surface area contributed by atoms with E-state index in [9.17, 15) is 9.90 Å². The van der Waals surface area contributed by atoms with Crippen LogP contribution in [0.25, 0.3) is 0 Å². The van der Waals surface area contributed by atoms with E-state index in [-0.39, 0.29) is 23.8 Å². The molecule has 2 aliphatic rings. The van der Waals surface area contributed by atoms with Crippen LogP contribution in [-0.2, 0) is 4.79 Å². The lowest BCUT2D eigenvalue weighted by molar-refractivity contribution is -0.140. The van der Waals surface area contributed by atoms with Gasteiger partial charge in [0.1, 0.15) is 5.41 Å². The second-order valence-corrected chi connectivity index (χ2v) is 6.14. The molecule has 0 aromatic rings. The largest absolute Gasteiger partial charge is 0.409 e. The lowest BCUT2D eigenvalue weighted by Crippen LogP contribution is -2.52. The van der Waals surface area contributed by atoms with Gasteiger partial charge in [0.25, 0.3) is 0 Å². The summed E-state index contributed by atoms with van der Waals surface area (Å²) in [4.78, 5) is 14.6. The van der Waals surface area contributed by atoms with Crippen molar-refractivity contribution in [1.82, 2.24) is 4.90 Å². The van der Waals surface area contributed by atoms with Gasteiger partial charge >= 0.3 is 0 Å². The molecule has 20 heavy (non-hydrogen) atoms. The molecule has 0 bridgehead atoms. The van der Waals surface area contributed by atoms with Gasteiger partial charge in [-0.25, -0.2) is 0 Å². The molecule has 1 heterocycles. The summed E-state index contributed by atoms with van der Waals surface area (Å²) in [6.45, 7) is 3.10. The van der Waals surface area contributed by atoms with Crippen LogP contribution in [0.15, 0.2) is 5.16 Å². The normalized spacial score (nSPS) is 25.7. The Hall–Kier alpha value is -1.30. The Morgan fingerprint density at radius 1 is 1.35 bits per heavy atom. The molecule has 0 aromatic heterocycles. The van der Waals surface area contributed by atoms with Gasteiger partial charge in [0.15, 0.2) is 5.84 Å². The van der Waals surface area contributed by atoms with Crippen molar-refractivity contribution in [2.24, 2.45) is 22.2 Å². The number of hydrogen-bond acceptors (Lipinski definition) is 4. The number of carbonyl (C=O) groups excluding carboxylic acids is 1. The van der Waals surface area contributed by atoms with Crippen molar-refractivity contribution in [2.75, 3.05) is 13.1 Å². The van der Waals surface area contributed by atoms with E-state index in [0.29, 0.717) is 25.9 Å². The van der Waals surface area contributed by atoms with Gasteiger partial charge in [-0.3, -0.25) is 4.79 Å². The summed E-state index contributed by atoms with van der Waals surface area (Å²) in [6.07, 6.45) is 4.51. The summed E-state index contributed by atoms with van der Waals surface area (Å²) in [5.41, 5.74) is 5.01. The molecule has 1 saturated carbocycles. The molecular weight excluding hydrogens is 258 g/mol. The van der Waals surface area contributed by atoms with Crippen LogP contribution in [0, 0.1) is 11.3 Å². The van der Waals surface area contributed by atoms with Crippen LogP contribution in [0.2, 0.25) is 0 Å². The van der Waals surface area contributed by atoms with Crippen LogP contribution in [0.1, 0.15) is 45.4 Å². The molecule has 1 aliphatic heterocycles. The van der Waals surface area contributed by atoms with Crippen LogP contribution < -0.4 is 5.73 Å². The molecule has 114 valence electrons. The predicted molar refractivity (Wildman–Crippen MR) is 75.3 cm³/mol. The van der Waals surface area contributed by atoms with Crippen LogP contribution in [0.5, 0.6) is 0 Å². The number of amidine groups is 1. The van der Waals surface area contributed by atoms with Gasteiger partial charge in [-0.15, -0.1) is 0 Å². The Balaban J connectivity index is 2.07. The standard InChI is InChI=1S/C14H25N3O3/c1-10(18)11-4-8-17(9-5-11)13(19)14(12(15)16-20)6-2-3-7-14/h10-11,18,20H,2-9H2,1H3,(H2,15,16). The highest BCUT2D eigenvalue weighted by molar-refractivity contribution is 6.07. The molecule has 6 heteroatoms. The van der Waals surface area contributed by atoms with E-state index < -0.39 is 5.41 Å². The highest BCUT2D eigenvalue weighted by Gasteiger charge is 2.48. The summed E-state index contributed by atoms with van der Waals surface area (Å²) in [5.74, 6) is 0.314. The van der Waals surface area contributed by atoms with Crippen molar-refractivity contribution in [3.05, 3.63) is 0 Å². The van der Waals surface area contributed by atoms with E-state index in [0.717, 1.165) is 25.7 Å². The minimum Gasteiger partial charge on any atom is -0.409 e. The van der Waals surface area contributed by atoms with Crippen LogP contribution in [0.3, 0.4) is 0 Å². The fraction of sp³-hybridized carbons (Fsp3) is 0.857. The Labute approximate surface area is 119 Å². The Bertz CT molecular complexity index is 381. The first kappa shape index (κ1) is 15.1. The van der Waals surface area contributed by atoms with Crippen LogP contribution in [-0.4, -0.2) is 46.1 Å². The van der Waals surface area contributed by atoms with Gasteiger partial charge in [0, 0.05) is 13.1 Å². The summed E-state index contributed by atoms with van der Waals surface area (Å²) in [5, 5.41) is 21.7. The molecule has 1 unspecified atom stereocenters. The topological polar surface area (TPSA) is 99.2 Å². The predicted octanol–water partition coefficient (Wildman–Crippen LogP) is 0.913. The molecule has 0 aromatic carbocycles. The first-order valence-electron chi connectivity index (χ1n) is 7.46. The van der Waals surface area contributed by atoms with Gasteiger partial charge in [0.2, 0.25) is 5.91 Å². The molecule has 2 rings (SSSR count). The highest BCUT2D eigenvalue weighted by Crippen LogP contribution is 2.40. The minimum atomic E-state index is -0.799. The third kappa shape index (κ3) is 2.61. The third-order valence-corrected chi connectivity index (χ3v) is 4.97. The number of rotatable bonds is 3. The van der Waals surface area contributed by atoms with Gasteiger partial charge < -0.3 is 20.9 Å². The molecule has 1 atom stereocenters. The third-order valence-electron chi connectivity index (χ3n) is 4.97. The van der Waals surface area contributed by atoms with E-state index in [1.54, 1.807) is 6.92 Å². The van der Waals surface area contributed by atoms with Crippen molar-refractivity contribution >= 4 is 11.7 Å². The monoisotopic (exact) mass is 283 g/mol. The smallest absolute Gasteiger partial charge is 0.236 e. The van der Waals surface area contributed by atoms with Crippen molar-refractivity contribution in [3.8, 4) is 0 Å². The van der Waals surface area contributed by atoms with E-state index in [4.69, 9.17) is 10.9 Å². The summed E-state index contributed by atoms with van der Waals surface area (Å²) < 4.78 is 0. The molecule has 4 N–H and O–H groups in total. The second-order valence-electron chi connectivity index (χ2n) is 6.14. The van der Waals surface area contributed by atoms with Crippen molar-refractivity contribution in [3.63, 3.8) is 0 Å². The number of nitrogens with zero attached hydrogens (tertiary/aromatic N) is 2. The lowest BCUT2D eigenvalue weighted by Gasteiger charge is -2.38. The molecule has 0 spiro atoms. The molecule has 1 amide bonds. The number of amides is 1. The molecule has 6 nitrogen and oxygen atoms in total. The number of piperidine rings is 1. The molecule has 2 fully saturated rings. The number of carbonyl (C=O) groups is 1. The van der Waals surface area contributed by atoms with Crippen molar-refractivity contribution in [2.45, 2.75) is 51.6 Å². The number of oxime groups is 1. The van der Waals surface area contributed by atoms with Crippen LogP contribution in [0.4, 0.5) is 0 Å². The highest BCUT2D eigenvalue weighted by atomic mass is 16.4. The SMILES string of the molecule is CC(O)C1CCN(C(=O)C2(C(N)=NO)CCCC2)CC1. The Morgan fingerprint density at radius 2 is 1.90 bits per heavy atom. The maximum absolute atomic E-state index is 12.8. The van der Waals surface area contributed by atoms with Crippen molar-refractivity contribution in [1.29, 1.82) is 0 Å². The number of aliphatic hydroxyl groups excluding tert-OH is 1. The average Bonchev–Trinajstić information content (AvgIpc) is 2.96. The fourth-order valence-electron chi connectivity index (χ4n) is 3.54. The minimum absolute atomic E-state index is 0.00524. The summed E-state index contributed by atoms with van der Waals surface area (Å²) >= 11 is 0. The maximum Gasteiger partial charge on any atom is 0.236 e. The zero-order valence-corrected chi connectivity index (χ0v) is 12.1. The number of hydrogen-bond donors (Lipinski definition) is 3. The molecule has 1 aliphatic carbocycles. The van der Waals surface area contributed by atoms with E-state index >= 15 is 0 Å². The molecule has 0 radical (unpaired) electrons. The quantitative estimate of drug-likeness (QED) is 0.310. The summed E-state index contributed by atoms with van der Waals surface area (Å²) in [7, 11) is 0. The zero-order valence-electron chi connectivity index (χ0n) is 12.1. The zero-order chi connectivity index (χ0) is 14.8. The lowest BCUT2D eigenvalue weighted by atomic mass is 9.82. The summed E-state index contributed by atoms with van der Waals surface area (Å²) in [6, 6.07) is 0. The van der Waals surface area contributed by atoms with E-state index in [1.807, 2.05) is 4.90 Å². The first-order chi connectivity index (χ1) is 9.51. The van der Waals surface area contributed by atoms with E-state index in [1.165, 1.54) is 0 Å². The van der Waals surface area contributed by atoms with Gasteiger partial charge in [0.05, 0.1) is 6.10 Å². The first-order valence-corrected chi connectivity index (χ1v) is 7.46. The maximum atomic E-state index is 12.8. The van der Waals surface area contributed by atoms with Crippen LogP contribution >= 0.6 is 0 Å². The number of likely N-dealkylation sites (tertiary alicyclic amines) is 1. The van der Waals surface area contributed by atoms with Gasteiger partial charge in [-0.1, -0.05) is 18.0 Å². The Kier molecular flexibility index (Phi) is 4.52. The molecular formula is C14H25N3O3. The molecule has 1 saturated heterocycles. The van der Waals surface area contributed by atoms with Crippen molar-refractivity contribution < 1.29 is 15.1 Å². The second kappa shape index (κ2) is 5.99. The average molecular weight is 283 g/mol. The Morgan fingerprint density at radius 3 is 2.35 bits per heavy atom. The number of nitrogens with two attached hydrogens (primary N) is 1. The number of aliphatic hydroxyl groups is 1. The van der Waals surface area contributed by atoms with Gasteiger partial charge in [-0.05, 0) is 38.5 Å². The fourth-order valence-corrected chi connectivity index (χ4v) is 3.54. The van der Waals surface area contributed by atoms with E-state index in [2.05, 4.69) is 5.16 Å². The van der Waals surface area contributed by atoms with Gasteiger partial charge in [-0.2, -0.15) is 0 Å².